The highest BCUT2D eigenvalue weighted by Crippen LogP contribution is 2.27. The summed E-state index contributed by atoms with van der Waals surface area (Å²) in [5, 5.41) is 3.98. The van der Waals surface area contributed by atoms with Crippen LogP contribution in [0, 0.1) is 5.82 Å². The standard InChI is InChI=1S/C18H21ClFN/c1-3-10-21-18(14-7-5-6-13(4-2)11-14)16-12-15(19)8-9-17(16)20/h5-9,11-12,18,21H,3-4,10H2,1-2H3. The lowest BCUT2D eigenvalue weighted by atomic mass is 9.96. The van der Waals surface area contributed by atoms with Crippen molar-refractivity contribution >= 4 is 11.6 Å². The summed E-state index contributed by atoms with van der Waals surface area (Å²) in [7, 11) is 0. The van der Waals surface area contributed by atoms with Crippen molar-refractivity contribution in [2.24, 2.45) is 0 Å². The fraction of sp³-hybridized carbons (Fsp3) is 0.333. The Morgan fingerprint density at radius 2 is 1.95 bits per heavy atom. The van der Waals surface area contributed by atoms with Crippen LogP contribution in [0.4, 0.5) is 4.39 Å². The minimum Gasteiger partial charge on any atom is -0.306 e. The van der Waals surface area contributed by atoms with Crippen LogP contribution in [0.5, 0.6) is 0 Å². The number of rotatable bonds is 6. The first-order valence-electron chi connectivity index (χ1n) is 7.42. The molecule has 0 amide bonds. The van der Waals surface area contributed by atoms with Gasteiger partial charge in [0.1, 0.15) is 5.82 Å². The van der Waals surface area contributed by atoms with E-state index in [0.717, 1.165) is 24.9 Å². The summed E-state index contributed by atoms with van der Waals surface area (Å²) in [5.74, 6) is -0.227. The molecule has 0 aliphatic carbocycles. The van der Waals surface area contributed by atoms with Gasteiger partial charge < -0.3 is 5.32 Å². The molecule has 0 saturated carbocycles. The Morgan fingerprint density at radius 3 is 2.67 bits per heavy atom. The zero-order valence-corrected chi connectivity index (χ0v) is 13.3. The molecule has 2 rings (SSSR count). The zero-order valence-electron chi connectivity index (χ0n) is 12.5. The van der Waals surface area contributed by atoms with E-state index in [1.54, 1.807) is 12.1 Å². The van der Waals surface area contributed by atoms with Crippen LogP contribution in [-0.2, 0) is 6.42 Å². The smallest absolute Gasteiger partial charge is 0.128 e. The third-order valence-corrected chi connectivity index (χ3v) is 3.80. The van der Waals surface area contributed by atoms with Gasteiger partial charge in [-0.3, -0.25) is 0 Å². The van der Waals surface area contributed by atoms with Gasteiger partial charge >= 0.3 is 0 Å². The van der Waals surface area contributed by atoms with Gasteiger partial charge in [-0.25, -0.2) is 4.39 Å². The van der Waals surface area contributed by atoms with E-state index < -0.39 is 0 Å². The second-order valence-electron chi connectivity index (χ2n) is 5.15. The molecule has 0 aromatic heterocycles. The average Bonchev–Trinajstić information content (AvgIpc) is 2.51. The molecule has 0 fully saturated rings. The van der Waals surface area contributed by atoms with Crippen molar-refractivity contribution in [3.05, 3.63) is 70.0 Å². The van der Waals surface area contributed by atoms with Gasteiger partial charge in [0.15, 0.2) is 0 Å². The SMILES string of the molecule is CCCNC(c1cccc(CC)c1)c1cc(Cl)ccc1F. The quantitative estimate of drug-likeness (QED) is 0.780. The molecule has 0 aliphatic heterocycles. The molecule has 0 saturated heterocycles. The maximum Gasteiger partial charge on any atom is 0.128 e. The third-order valence-electron chi connectivity index (χ3n) is 3.56. The lowest BCUT2D eigenvalue weighted by Crippen LogP contribution is -2.24. The average molecular weight is 306 g/mol. The van der Waals surface area contributed by atoms with E-state index in [1.807, 2.05) is 12.1 Å². The summed E-state index contributed by atoms with van der Waals surface area (Å²) in [6.07, 6.45) is 1.96. The molecule has 2 aromatic rings. The van der Waals surface area contributed by atoms with E-state index in [9.17, 15) is 4.39 Å². The lowest BCUT2D eigenvalue weighted by Gasteiger charge is -2.21. The molecule has 21 heavy (non-hydrogen) atoms. The van der Waals surface area contributed by atoms with E-state index in [2.05, 4.69) is 31.3 Å². The van der Waals surface area contributed by atoms with E-state index in [0.29, 0.717) is 10.6 Å². The van der Waals surface area contributed by atoms with Gasteiger partial charge in [-0.2, -0.15) is 0 Å². The lowest BCUT2D eigenvalue weighted by molar-refractivity contribution is 0.546. The van der Waals surface area contributed by atoms with Crippen LogP contribution in [-0.4, -0.2) is 6.54 Å². The summed E-state index contributed by atoms with van der Waals surface area (Å²) >= 11 is 6.05. The molecule has 1 unspecified atom stereocenters. The summed E-state index contributed by atoms with van der Waals surface area (Å²) in [6.45, 7) is 5.04. The fourth-order valence-electron chi connectivity index (χ4n) is 2.42. The molecule has 0 radical (unpaired) electrons. The molecule has 1 atom stereocenters. The largest absolute Gasteiger partial charge is 0.306 e. The number of hydrogen-bond donors (Lipinski definition) is 1. The number of benzene rings is 2. The molecule has 1 nitrogen and oxygen atoms in total. The van der Waals surface area contributed by atoms with E-state index in [-0.39, 0.29) is 11.9 Å². The number of hydrogen-bond acceptors (Lipinski definition) is 1. The highest BCUT2D eigenvalue weighted by Gasteiger charge is 2.18. The number of halogens is 2. The Labute approximate surface area is 131 Å². The molecule has 1 N–H and O–H groups in total. The summed E-state index contributed by atoms with van der Waals surface area (Å²) in [4.78, 5) is 0. The summed E-state index contributed by atoms with van der Waals surface area (Å²) < 4.78 is 14.2. The van der Waals surface area contributed by atoms with E-state index in [4.69, 9.17) is 11.6 Å². The highest BCUT2D eigenvalue weighted by atomic mass is 35.5. The van der Waals surface area contributed by atoms with Gasteiger partial charge in [-0.05, 0) is 48.7 Å². The molecule has 0 spiro atoms. The molecule has 2 aromatic carbocycles. The Bertz CT molecular complexity index is 598. The van der Waals surface area contributed by atoms with Gasteiger partial charge in [0.2, 0.25) is 0 Å². The third kappa shape index (κ3) is 4.05. The maximum absolute atomic E-state index is 14.2. The van der Waals surface area contributed by atoms with Crippen molar-refractivity contribution in [1.29, 1.82) is 0 Å². The van der Waals surface area contributed by atoms with Gasteiger partial charge in [0.25, 0.3) is 0 Å². The molecular weight excluding hydrogens is 285 g/mol. The van der Waals surface area contributed by atoms with E-state index >= 15 is 0 Å². The van der Waals surface area contributed by atoms with Crippen LogP contribution < -0.4 is 5.32 Å². The normalized spacial score (nSPS) is 12.4. The zero-order chi connectivity index (χ0) is 15.2. The van der Waals surface area contributed by atoms with Crippen LogP contribution in [0.15, 0.2) is 42.5 Å². The Balaban J connectivity index is 2.44. The van der Waals surface area contributed by atoms with Crippen molar-refractivity contribution in [2.75, 3.05) is 6.54 Å². The Morgan fingerprint density at radius 1 is 1.14 bits per heavy atom. The molecule has 0 bridgehead atoms. The first kappa shape index (κ1) is 16.0. The van der Waals surface area contributed by atoms with E-state index in [1.165, 1.54) is 11.6 Å². The van der Waals surface area contributed by atoms with Crippen molar-refractivity contribution in [2.45, 2.75) is 32.7 Å². The second-order valence-corrected chi connectivity index (χ2v) is 5.59. The van der Waals surface area contributed by atoms with Gasteiger partial charge in [0, 0.05) is 10.6 Å². The molecule has 0 aliphatic rings. The van der Waals surface area contributed by atoms with Crippen molar-refractivity contribution in [1.82, 2.24) is 5.32 Å². The van der Waals surface area contributed by atoms with Crippen LogP contribution in [0.1, 0.15) is 43.0 Å². The van der Waals surface area contributed by atoms with Crippen molar-refractivity contribution in [3.8, 4) is 0 Å². The Kier molecular flexibility index (Phi) is 5.77. The highest BCUT2D eigenvalue weighted by molar-refractivity contribution is 6.30. The summed E-state index contributed by atoms with van der Waals surface area (Å²) in [6, 6.07) is 12.8. The number of nitrogens with one attached hydrogen (secondary N) is 1. The van der Waals surface area contributed by atoms with Crippen LogP contribution in [0.2, 0.25) is 5.02 Å². The fourth-order valence-corrected chi connectivity index (χ4v) is 2.61. The van der Waals surface area contributed by atoms with Crippen molar-refractivity contribution < 1.29 is 4.39 Å². The summed E-state index contributed by atoms with van der Waals surface area (Å²) in [5.41, 5.74) is 2.92. The predicted octanol–water partition coefficient (Wildman–Crippen LogP) is 5.13. The first-order chi connectivity index (χ1) is 10.2. The molecule has 112 valence electrons. The molecule has 3 heteroatoms. The monoisotopic (exact) mass is 305 g/mol. The number of aryl methyl sites for hydroxylation is 1. The van der Waals surface area contributed by atoms with Crippen LogP contribution in [0.25, 0.3) is 0 Å². The van der Waals surface area contributed by atoms with Gasteiger partial charge in [-0.15, -0.1) is 0 Å². The minimum absolute atomic E-state index is 0.171. The van der Waals surface area contributed by atoms with Gasteiger partial charge in [0.05, 0.1) is 6.04 Å². The van der Waals surface area contributed by atoms with Crippen molar-refractivity contribution in [3.63, 3.8) is 0 Å². The minimum atomic E-state index is -0.227. The predicted molar refractivity (Wildman–Crippen MR) is 87.4 cm³/mol. The van der Waals surface area contributed by atoms with Gasteiger partial charge in [-0.1, -0.05) is 49.7 Å². The first-order valence-corrected chi connectivity index (χ1v) is 7.80. The van der Waals surface area contributed by atoms with Crippen LogP contribution >= 0.6 is 11.6 Å². The van der Waals surface area contributed by atoms with Crippen LogP contribution in [0.3, 0.4) is 0 Å². The molecule has 0 heterocycles. The topological polar surface area (TPSA) is 12.0 Å². The second kappa shape index (κ2) is 7.58. The maximum atomic E-state index is 14.2. The Hall–Kier alpha value is -1.38. The molecular formula is C18H21ClFN.